The Morgan fingerprint density at radius 2 is 2.15 bits per heavy atom. The second kappa shape index (κ2) is 6.65. The molecule has 0 radical (unpaired) electrons. The molecule has 0 aromatic carbocycles. The monoisotopic (exact) mass is 338 g/mol. The molecule has 8 heteroatoms. The van der Waals surface area contributed by atoms with Crippen LogP contribution < -0.4 is 0 Å². The summed E-state index contributed by atoms with van der Waals surface area (Å²) in [6.45, 7) is -0.127. The van der Waals surface area contributed by atoms with Crippen molar-refractivity contribution in [3.63, 3.8) is 0 Å². The third-order valence-electron chi connectivity index (χ3n) is 2.67. The minimum Gasteiger partial charge on any atom is -0.476 e. The molecule has 20 heavy (non-hydrogen) atoms. The van der Waals surface area contributed by atoms with Gasteiger partial charge in [0.1, 0.15) is 16.8 Å². The zero-order valence-electron chi connectivity index (χ0n) is 10.2. The van der Waals surface area contributed by atoms with Gasteiger partial charge in [-0.2, -0.15) is 0 Å². The Morgan fingerprint density at radius 3 is 2.65 bits per heavy atom. The van der Waals surface area contributed by atoms with E-state index in [1.54, 1.807) is 12.1 Å². The van der Waals surface area contributed by atoms with Gasteiger partial charge in [0, 0.05) is 12.7 Å². The molecule has 1 aromatic rings. The summed E-state index contributed by atoms with van der Waals surface area (Å²) in [5, 5.41) is 0.689. The Bertz CT molecular complexity index is 537. The van der Waals surface area contributed by atoms with Crippen LogP contribution in [0.3, 0.4) is 0 Å². The molecule has 2 heterocycles. The van der Waals surface area contributed by atoms with E-state index in [-0.39, 0.29) is 23.2 Å². The molecule has 108 valence electrons. The normalized spacial score (nSPS) is 14.9. The highest BCUT2D eigenvalue weighted by Gasteiger charge is 2.26. The molecule has 2 rings (SSSR count). The lowest BCUT2D eigenvalue weighted by Crippen LogP contribution is -2.29. The topological polar surface area (TPSA) is 25.4 Å². The van der Waals surface area contributed by atoms with Crippen LogP contribution in [0, 0.1) is 0 Å². The average Bonchev–Trinajstić information content (AvgIpc) is 2.71. The number of alkyl halides is 2. The molecule has 1 aliphatic heterocycles. The molecule has 0 saturated carbocycles. The van der Waals surface area contributed by atoms with Gasteiger partial charge in [-0.25, -0.2) is 13.8 Å². The summed E-state index contributed by atoms with van der Waals surface area (Å²) < 4.78 is 30.5. The van der Waals surface area contributed by atoms with E-state index in [9.17, 15) is 8.78 Å². The number of pyridine rings is 1. The molecule has 0 unspecified atom stereocenters. The fourth-order valence-corrected chi connectivity index (χ4v) is 2.28. The standard InChI is InChI=1S/C12H10Cl2F2N2OS/c13-9-2-1-7(3-17-9)4-18(5-10(15)16)8-6-19-12(20)11(8)14/h1-3,10H,4-6H2. The predicted octanol–water partition coefficient (Wildman–Crippen LogP) is 3.61. The maximum Gasteiger partial charge on any atom is 0.255 e. The van der Waals surface area contributed by atoms with Crippen LogP contribution >= 0.6 is 35.4 Å². The van der Waals surface area contributed by atoms with E-state index in [0.29, 0.717) is 10.9 Å². The third kappa shape index (κ3) is 3.77. The molecule has 0 aliphatic carbocycles. The van der Waals surface area contributed by atoms with Crippen LogP contribution in [0.4, 0.5) is 8.78 Å². The molecular weight excluding hydrogens is 329 g/mol. The lowest BCUT2D eigenvalue weighted by Gasteiger charge is -2.24. The quantitative estimate of drug-likeness (QED) is 0.605. The van der Waals surface area contributed by atoms with Crippen molar-refractivity contribution in [2.45, 2.75) is 13.0 Å². The SMILES string of the molecule is FC(F)CN(Cc1ccc(Cl)nc1)C1=C(Cl)C(=S)OC1. The lowest BCUT2D eigenvalue weighted by atomic mass is 10.2. The Balaban J connectivity index is 2.20. The first-order chi connectivity index (χ1) is 9.47. The van der Waals surface area contributed by atoms with E-state index < -0.39 is 13.0 Å². The summed E-state index contributed by atoms with van der Waals surface area (Å²) >= 11 is 16.6. The Kier molecular flexibility index (Phi) is 5.12. The number of ether oxygens (including phenoxy) is 1. The first kappa shape index (κ1) is 15.4. The average molecular weight is 339 g/mol. The van der Waals surface area contributed by atoms with Crippen molar-refractivity contribution in [3.8, 4) is 0 Å². The van der Waals surface area contributed by atoms with Gasteiger partial charge in [0.05, 0.1) is 12.2 Å². The zero-order chi connectivity index (χ0) is 14.7. The van der Waals surface area contributed by atoms with E-state index >= 15 is 0 Å². The van der Waals surface area contributed by atoms with Gasteiger partial charge < -0.3 is 9.64 Å². The molecule has 0 fully saturated rings. The van der Waals surface area contributed by atoms with Gasteiger partial charge in [0.2, 0.25) is 5.05 Å². The van der Waals surface area contributed by atoms with E-state index in [0.717, 1.165) is 5.56 Å². The fourth-order valence-electron chi connectivity index (χ4n) is 1.77. The zero-order valence-corrected chi connectivity index (χ0v) is 12.5. The lowest BCUT2D eigenvalue weighted by molar-refractivity contribution is 0.0964. The number of hydrogen-bond donors (Lipinski definition) is 0. The van der Waals surface area contributed by atoms with Gasteiger partial charge in [0.15, 0.2) is 0 Å². The first-order valence-electron chi connectivity index (χ1n) is 5.66. The van der Waals surface area contributed by atoms with Crippen molar-refractivity contribution in [1.82, 2.24) is 9.88 Å². The summed E-state index contributed by atoms with van der Waals surface area (Å²) in [4.78, 5) is 5.36. The number of nitrogens with zero attached hydrogens (tertiary/aromatic N) is 2. The minimum atomic E-state index is -2.50. The highest BCUT2D eigenvalue weighted by Crippen LogP contribution is 2.26. The molecule has 1 aliphatic rings. The van der Waals surface area contributed by atoms with Crippen molar-refractivity contribution in [1.29, 1.82) is 0 Å². The number of thiocarbonyl (C=S) groups is 1. The predicted molar refractivity (Wildman–Crippen MR) is 77.1 cm³/mol. The summed E-state index contributed by atoms with van der Waals surface area (Å²) in [5.41, 5.74) is 1.21. The van der Waals surface area contributed by atoms with Gasteiger partial charge in [-0.05, 0) is 23.8 Å². The molecule has 0 N–H and O–H groups in total. The van der Waals surface area contributed by atoms with E-state index in [2.05, 4.69) is 4.98 Å². The van der Waals surface area contributed by atoms with Crippen molar-refractivity contribution >= 4 is 40.5 Å². The third-order valence-corrected chi connectivity index (χ3v) is 3.72. The van der Waals surface area contributed by atoms with E-state index in [4.69, 9.17) is 40.2 Å². The van der Waals surface area contributed by atoms with Crippen LogP contribution in [0.2, 0.25) is 5.15 Å². The van der Waals surface area contributed by atoms with Crippen LogP contribution in [-0.4, -0.2) is 34.5 Å². The van der Waals surface area contributed by atoms with Crippen molar-refractivity contribution in [2.24, 2.45) is 0 Å². The van der Waals surface area contributed by atoms with Crippen LogP contribution in [0.1, 0.15) is 5.56 Å². The maximum absolute atomic E-state index is 12.7. The van der Waals surface area contributed by atoms with Crippen molar-refractivity contribution in [2.75, 3.05) is 13.2 Å². The molecular formula is C12H10Cl2F2N2OS. The maximum atomic E-state index is 12.7. The summed E-state index contributed by atoms with van der Waals surface area (Å²) in [6.07, 6.45) is -0.968. The first-order valence-corrected chi connectivity index (χ1v) is 6.83. The van der Waals surface area contributed by atoms with Crippen LogP contribution in [-0.2, 0) is 11.3 Å². The Hall–Kier alpha value is -0.980. The van der Waals surface area contributed by atoms with E-state index in [1.807, 2.05) is 0 Å². The molecule has 0 spiro atoms. The van der Waals surface area contributed by atoms with Crippen molar-refractivity contribution in [3.05, 3.63) is 39.8 Å². The van der Waals surface area contributed by atoms with Gasteiger partial charge in [-0.15, -0.1) is 0 Å². The molecule has 1 aromatic heterocycles. The molecule has 0 bridgehead atoms. The fraction of sp³-hybridized carbons (Fsp3) is 0.333. The number of rotatable bonds is 5. The largest absolute Gasteiger partial charge is 0.476 e. The Labute approximate surface area is 130 Å². The number of halogens is 4. The van der Waals surface area contributed by atoms with Gasteiger partial charge in [0.25, 0.3) is 6.43 Å². The highest BCUT2D eigenvalue weighted by atomic mass is 35.5. The molecule has 3 nitrogen and oxygen atoms in total. The smallest absolute Gasteiger partial charge is 0.255 e. The van der Waals surface area contributed by atoms with Crippen molar-refractivity contribution < 1.29 is 13.5 Å². The summed E-state index contributed by atoms with van der Waals surface area (Å²) in [5.74, 6) is 0. The number of aromatic nitrogens is 1. The van der Waals surface area contributed by atoms with E-state index in [1.165, 1.54) is 11.1 Å². The Morgan fingerprint density at radius 1 is 1.40 bits per heavy atom. The van der Waals surface area contributed by atoms with Crippen LogP contribution in [0.5, 0.6) is 0 Å². The van der Waals surface area contributed by atoms with Gasteiger partial charge >= 0.3 is 0 Å². The van der Waals surface area contributed by atoms with Gasteiger partial charge in [-0.1, -0.05) is 29.3 Å². The highest BCUT2D eigenvalue weighted by molar-refractivity contribution is 7.80. The van der Waals surface area contributed by atoms with Gasteiger partial charge in [-0.3, -0.25) is 0 Å². The number of hydrogen-bond acceptors (Lipinski definition) is 4. The summed E-state index contributed by atoms with van der Waals surface area (Å²) in [7, 11) is 0. The molecule has 0 saturated heterocycles. The second-order valence-electron chi connectivity index (χ2n) is 4.10. The molecule has 0 amide bonds. The minimum absolute atomic E-state index is 0.103. The molecule has 0 atom stereocenters. The van der Waals surface area contributed by atoms with Crippen LogP contribution in [0.25, 0.3) is 0 Å². The second-order valence-corrected chi connectivity index (χ2v) is 5.23. The van der Waals surface area contributed by atoms with Crippen LogP contribution in [0.15, 0.2) is 29.1 Å². The summed E-state index contributed by atoms with van der Waals surface area (Å²) in [6, 6.07) is 3.32.